The first-order valence-corrected chi connectivity index (χ1v) is 13.5. The van der Waals surface area contributed by atoms with Crippen molar-refractivity contribution < 1.29 is 28.6 Å². The molecule has 8 heteroatoms. The minimum Gasteiger partial charge on any atom is -0.486 e. The summed E-state index contributed by atoms with van der Waals surface area (Å²) in [4.78, 5) is 38.3. The summed E-state index contributed by atoms with van der Waals surface area (Å²) in [5.74, 6) is 1.16. The lowest BCUT2D eigenvalue weighted by atomic mass is 9.43. The van der Waals surface area contributed by atoms with E-state index in [2.05, 4.69) is 42.7 Å². The molecule has 4 bridgehead atoms. The molecule has 0 aromatic heterocycles. The molecule has 0 spiro atoms. The Balaban J connectivity index is 1.08. The molecule has 1 aliphatic heterocycles. The zero-order valence-corrected chi connectivity index (χ0v) is 21.9. The normalized spacial score (nSPS) is 28.5. The summed E-state index contributed by atoms with van der Waals surface area (Å²) in [7, 11) is 0. The Bertz CT molecular complexity index is 1290. The third-order valence-corrected chi connectivity index (χ3v) is 9.00. The van der Waals surface area contributed by atoms with Crippen molar-refractivity contribution in [3.8, 4) is 11.5 Å². The van der Waals surface area contributed by atoms with Gasteiger partial charge in [0.15, 0.2) is 18.1 Å². The van der Waals surface area contributed by atoms with Crippen LogP contribution in [0.2, 0.25) is 0 Å². The summed E-state index contributed by atoms with van der Waals surface area (Å²) in [5.41, 5.74) is 3.78. The average molecular weight is 519 g/mol. The predicted molar refractivity (Wildman–Crippen MR) is 140 cm³/mol. The molecule has 8 nitrogen and oxygen atoms in total. The number of carbonyl (C=O) groups excluding carboxylic acids is 3. The standard InChI is InChI=1S/C30H34N2O6/c1-18-3-4-22(9-19(18)2)29-12-20-10-21(13-29)15-30(14-20,17-29)27(34)38-16-26(33)32-28(35)31-23-5-6-24-25(11-23)37-8-7-36-24/h3-6,9,11,20-21H,7-8,10,12-17H2,1-2H3,(H2,31,32,33,35)/t20-,21-,29?,30?/m0/s1. The minimum atomic E-state index is -0.703. The van der Waals surface area contributed by atoms with Crippen LogP contribution >= 0.6 is 0 Å². The summed E-state index contributed by atoms with van der Waals surface area (Å²) in [5, 5.41) is 4.85. The quantitative estimate of drug-likeness (QED) is 0.551. The summed E-state index contributed by atoms with van der Waals surface area (Å²) >= 11 is 0. The molecule has 1 heterocycles. The van der Waals surface area contributed by atoms with Crippen molar-refractivity contribution >= 4 is 23.6 Å². The van der Waals surface area contributed by atoms with Gasteiger partial charge in [0.25, 0.3) is 5.91 Å². The van der Waals surface area contributed by atoms with E-state index in [9.17, 15) is 14.4 Å². The van der Waals surface area contributed by atoms with Crippen molar-refractivity contribution in [3.05, 3.63) is 53.1 Å². The summed E-state index contributed by atoms with van der Waals surface area (Å²) in [6, 6.07) is 11.0. The summed E-state index contributed by atoms with van der Waals surface area (Å²) in [6.45, 7) is 4.69. The SMILES string of the molecule is Cc1ccc(C23C[C@@H]4C[C@H](CC(C(=O)OCC(=O)NC(=O)Nc5ccc6c(c5)OCCO6)(C4)C2)C3)cc1C. The minimum absolute atomic E-state index is 0.00661. The van der Waals surface area contributed by atoms with Crippen LogP contribution in [0.1, 0.15) is 55.2 Å². The van der Waals surface area contributed by atoms with Crippen LogP contribution in [0.4, 0.5) is 10.5 Å². The largest absolute Gasteiger partial charge is 0.486 e. The van der Waals surface area contributed by atoms with Crippen LogP contribution in [-0.2, 0) is 19.7 Å². The van der Waals surface area contributed by atoms with E-state index in [-0.39, 0.29) is 11.4 Å². The fourth-order valence-electron chi connectivity index (χ4n) is 7.64. The maximum absolute atomic E-state index is 13.5. The summed E-state index contributed by atoms with van der Waals surface area (Å²) < 4.78 is 16.6. The Morgan fingerprint density at radius 3 is 2.39 bits per heavy atom. The number of urea groups is 1. The number of hydrogen-bond donors (Lipinski definition) is 2. The van der Waals surface area contributed by atoms with Crippen molar-refractivity contribution in [2.24, 2.45) is 17.3 Å². The van der Waals surface area contributed by atoms with Crippen molar-refractivity contribution in [3.63, 3.8) is 0 Å². The lowest BCUT2D eigenvalue weighted by molar-refractivity contribution is -0.175. The highest BCUT2D eigenvalue weighted by atomic mass is 16.6. The number of ether oxygens (including phenoxy) is 3. The van der Waals surface area contributed by atoms with Gasteiger partial charge in [0.1, 0.15) is 13.2 Å². The molecule has 4 fully saturated rings. The van der Waals surface area contributed by atoms with E-state index >= 15 is 0 Å². The number of amides is 3. The van der Waals surface area contributed by atoms with Crippen molar-refractivity contribution in [2.75, 3.05) is 25.1 Å². The predicted octanol–water partition coefficient (Wildman–Crippen LogP) is 4.80. The van der Waals surface area contributed by atoms with E-state index in [0.717, 1.165) is 32.1 Å². The number of hydrogen-bond acceptors (Lipinski definition) is 6. The van der Waals surface area contributed by atoms with Gasteiger partial charge in [0.05, 0.1) is 5.41 Å². The third-order valence-electron chi connectivity index (χ3n) is 9.00. The fourth-order valence-corrected chi connectivity index (χ4v) is 7.64. The van der Waals surface area contributed by atoms with Crippen molar-refractivity contribution in [2.45, 2.75) is 57.8 Å². The molecule has 0 saturated heterocycles. The molecule has 2 aromatic carbocycles. The molecular weight excluding hydrogens is 484 g/mol. The highest BCUT2D eigenvalue weighted by Gasteiger charge is 2.61. The number of benzene rings is 2. The van der Waals surface area contributed by atoms with E-state index in [1.807, 2.05) is 0 Å². The van der Waals surface area contributed by atoms with Crippen LogP contribution in [0.15, 0.2) is 36.4 Å². The second-order valence-electron chi connectivity index (χ2n) is 11.8. The molecule has 5 aliphatic rings. The maximum Gasteiger partial charge on any atom is 0.325 e. The highest BCUT2D eigenvalue weighted by molar-refractivity contribution is 6.02. The van der Waals surface area contributed by atoms with Gasteiger partial charge >= 0.3 is 12.0 Å². The molecule has 7 rings (SSSR count). The first kappa shape index (κ1) is 24.8. The monoisotopic (exact) mass is 518 g/mol. The molecule has 0 radical (unpaired) electrons. The first-order valence-electron chi connectivity index (χ1n) is 13.5. The molecule has 4 saturated carbocycles. The van der Waals surface area contributed by atoms with Gasteiger partial charge in [0, 0.05) is 11.8 Å². The Morgan fingerprint density at radius 1 is 0.921 bits per heavy atom. The number of esters is 1. The van der Waals surface area contributed by atoms with Gasteiger partial charge in [0.2, 0.25) is 0 Å². The number of imide groups is 1. The lowest BCUT2D eigenvalue weighted by Gasteiger charge is -2.61. The molecule has 38 heavy (non-hydrogen) atoms. The van der Waals surface area contributed by atoms with Crippen LogP contribution in [0.25, 0.3) is 0 Å². The maximum atomic E-state index is 13.5. The Morgan fingerprint density at radius 2 is 1.66 bits per heavy atom. The summed E-state index contributed by atoms with van der Waals surface area (Å²) in [6.07, 6.45) is 5.80. The van der Waals surface area contributed by atoms with Crippen LogP contribution < -0.4 is 20.1 Å². The number of anilines is 1. The van der Waals surface area contributed by atoms with E-state index in [1.165, 1.54) is 23.1 Å². The van der Waals surface area contributed by atoms with Crippen LogP contribution in [0, 0.1) is 31.1 Å². The molecule has 4 aliphatic carbocycles. The first-order chi connectivity index (χ1) is 18.2. The zero-order valence-electron chi connectivity index (χ0n) is 21.9. The van der Waals surface area contributed by atoms with E-state index in [0.29, 0.717) is 42.2 Å². The van der Waals surface area contributed by atoms with Gasteiger partial charge in [-0.3, -0.25) is 14.9 Å². The molecule has 2 N–H and O–H groups in total. The molecule has 2 atom stereocenters. The molecule has 200 valence electrons. The van der Waals surface area contributed by atoms with Crippen LogP contribution in [0.5, 0.6) is 11.5 Å². The smallest absolute Gasteiger partial charge is 0.325 e. The van der Waals surface area contributed by atoms with Gasteiger partial charge in [-0.15, -0.1) is 0 Å². The van der Waals surface area contributed by atoms with Crippen molar-refractivity contribution in [1.29, 1.82) is 0 Å². The Hall–Kier alpha value is -3.55. The van der Waals surface area contributed by atoms with Gasteiger partial charge < -0.3 is 19.5 Å². The Labute approximate surface area is 222 Å². The second kappa shape index (κ2) is 9.33. The second-order valence-corrected chi connectivity index (χ2v) is 11.8. The van der Waals surface area contributed by atoms with Gasteiger partial charge in [-0.1, -0.05) is 18.2 Å². The van der Waals surface area contributed by atoms with Gasteiger partial charge in [-0.2, -0.15) is 0 Å². The third kappa shape index (κ3) is 4.50. The van der Waals surface area contributed by atoms with Gasteiger partial charge in [-0.05, 0) is 98.4 Å². The van der Waals surface area contributed by atoms with Crippen LogP contribution in [0.3, 0.4) is 0 Å². The topological polar surface area (TPSA) is 103 Å². The number of fused-ring (bicyclic) bond motifs is 1. The molecule has 3 amide bonds. The molecule has 2 aromatic rings. The van der Waals surface area contributed by atoms with E-state index in [4.69, 9.17) is 14.2 Å². The van der Waals surface area contributed by atoms with Crippen molar-refractivity contribution in [1.82, 2.24) is 5.32 Å². The van der Waals surface area contributed by atoms with Gasteiger partial charge in [-0.25, -0.2) is 4.79 Å². The highest BCUT2D eigenvalue weighted by Crippen LogP contribution is 2.66. The fraction of sp³-hybridized carbons (Fsp3) is 0.500. The number of rotatable bonds is 5. The number of aryl methyl sites for hydroxylation is 2. The molecule has 0 unspecified atom stereocenters. The Kier molecular flexibility index (Phi) is 6.08. The lowest BCUT2D eigenvalue weighted by Crippen LogP contribution is -2.57. The molecular formula is C30H34N2O6. The van der Waals surface area contributed by atoms with Crippen LogP contribution in [-0.4, -0.2) is 37.7 Å². The van der Waals surface area contributed by atoms with E-state index < -0.39 is 24.0 Å². The number of nitrogens with one attached hydrogen (secondary N) is 2. The number of carbonyl (C=O) groups is 3. The van der Waals surface area contributed by atoms with E-state index in [1.54, 1.807) is 18.2 Å². The zero-order chi connectivity index (χ0) is 26.5. The average Bonchev–Trinajstić information content (AvgIpc) is 2.88.